The van der Waals surface area contributed by atoms with Gasteiger partial charge in [0.05, 0.1) is 5.39 Å². The fourth-order valence-corrected chi connectivity index (χ4v) is 2.52. The van der Waals surface area contributed by atoms with E-state index in [4.69, 9.17) is 0 Å². The van der Waals surface area contributed by atoms with Crippen LogP contribution in [0.4, 0.5) is 13.2 Å². The summed E-state index contributed by atoms with van der Waals surface area (Å²) < 4.78 is 39.8. The minimum Gasteiger partial charge on any atom is -0.331 e. The lowest BCUT2D eigenvalue weighted by molar-refractivity contribution is -0.141. The Morgan fingerprint density at radius 1 is 1.39 bits per heavy atom. The van der Waals surface area contributed by atoms with Crippen LogP contribution in [0.5, 0.6) is 0 Å². The van der Waals surface area contributed by atoms with Crippen LogP contribution in [0.1, 0.15) is 6.92 Å². The summed E-state index contributed by atoms with van der Waals surface area (Å²) in [6.07, 6.45) is -1.78. The number of hydrogen-bond donors (Lipinski definition) is 0. The second-order valence-electron chi connectivity index (χ2n) is 3.75. The molecule has 98 valence electrons. The zero-order valence-corrected chi connectivity index (χ0v) is 11.5. The summed E-state index contributed by atoms with van der Waals surface area (Å²) in [5.74, 6) is 0. The summed E-state index contributed by atoms with van der Waals surface area (Å²) in [5, 5.41) is 0.240. The molecule has 2 heterocycles. The van der Waals surface area contributed by atoms with Gasteiger partial charge in [-0.25, -0.2) is 4.98 Å². The third-order valence-corrected chi connectivity index (χ3v) is 3.31. The molecule has 0 saturated carbocycles. The van der Waals surface area contributed by atoms with Crippen LogP contribution in [0.2, 0.25) is 0 Å². The lowest BCUT2D eigenvalue weighted by Crippen LogP contribution is -2.28. The van der Waals surface area contributed by atoms with Gasteiger partial charge in [-0.1, -0.05) is 0 Å². The van der Waals surface area contributed by atoms with Gasteiger partial charge in [-0.3, -0.25) is 9.36 Å². The van der Waals surface area contributed by atoms with Crippen molar-refractivity contribution in [2.75, 3.05) is 0 Å². The molecule has 0 aliphatic heterocycles. The Hall–Kier alpha value is -1.06. The molecule has 4 nitrogen and oxygen atoms in total. The molecule has 18 heavy (non-hydrogen) atoms. The second-order valence-corrected chi connectivity index (χ2v) is 4.92. The van der Waals surface area contributed by atoms with E-state index in [0.717, 1.165) is 6.33 Å². The van der Waals surface area contributed by atoms with Crippen LogP contribution in [-0.2, 0) is 13.1 Å². The Labute approximate surface area is 114 Å². The number of rotatable bonds is 2. The van der Waals surface area contributed by atoms with E-state index in [9.17, 15) is 18.0 Å². The summed E-state index contributed by atoms with van der Waals surface area (Å²) >= 11 is 1.93. The van der Waals surface area contributed by atoms with Gasteiger partial charge in [0.2, 0.25) is 0 Å². The number of aromatic nitrogens is 3. The summed E-state index contributed by atoms with van der Waals surface area (Å²) in [4.78, 5) is 15.9. The molecule has 0 spiro atoms. The van der Waals surface area contributed by atoms with Gasteiger partial charge in [0, 0.05) is 16.3 Å². The summed E-state index contributed by atoms with van der Waals surface area (Å²) in [7, 11) is 0. The van der Waals surface area contributed by atoms with Crippen molar-refractivity contribution in [1.29, 1.82) is 0 Å². The number of hydrogen-bond acceptors (Lipinski definition) is 2. The van der Waals surface area contributed by atoms with Gasteiger partial charge in [0.1, 0.15) is 18.5 Å². The highest BCUT2D eigenvalue weighted by Gasteiger charge is 2.29. The van der Waals surface area contributed by atoms with Gasteiger partial charge in [-0.2, -0.15) is 13.2 Å². The van der Waals surface area contributed by atoms with E-state index in [-0.39, 0.29) is 5.39 Å². The zero-order valence-electron chi connectivity index (χ0n) is 9.33. The van der Waals surface area contributed by atoms with Gasteiger partial charge in [0.25, 0.3) is 5.56 Å². The maximum atomic E-state index is 12.3. The van der Waals surface area contributed by atoms with E-state index in [1.165, 1.54) is 0 Å². The number of aryl methyl sites for hydroxylation is 1. The van der Waals surface area contributed by atoms with Crippen molar-refractivity contribution in [3.8, 4) is 0 Å². The van der Waals surface area contributed by atoms with E-state index in [1.807, 2.05) is 29.5 Å². The van der Waals surface area contributed by atoms with Crippen molar-refractivity contribution in [3.05, 3.63) is 26.4 Å². The average Bonchev–Trinajstić information content (AvgIpc) is 2.58. The fraction of sp³-hybridized carbons (Fsp3) is 0.400. The molecular weight excluding hydrogens is 362 g/mol. The molecule has 2 aromatic rings. The molecule has 0 aliphatic rings. The van der Waals surface area contributed by atoms with E-state index in [1.54, 1.807) is 10.8 Å². The number of halogens is 4. The predicted molar refractivity (Wildman–Crippen MR) is 68.4 cm³/mol. The van der Waals surface area contributed by atoms with Crippen LogP contribution in [-0.4, -0.2) is 20.3 Å². The zero-order chi connectivity index (χ0) is 13.5. The molecule has 0 unspecified atom stereocenters. The van der Waals surface area contributed by atoms with Crippen LogP contribution >= 0.6 is 22.6 Å². The topological polar surface area (TPSA) is 39.8 Å². The summed E-state index contributed by atoms with van der Waals surface area (Å²) in [6.45, 7) is 1.16. The molecule has 2 aromatic heterocycles. The second kappa shape index (κ2) is 4.56. The van der Waals surface area contributed by atoms with Crippen molar-refractivity contribution < 1.29 is 13.2 Å². The van der Waals surface area contributed by atoms with Gasteiger partial charge in [-0.15, -0.1) is 0 Å². The average molecular weight is 371 g/mol. The van der Waals surface area contributed by atoms with Gasteiger partial charge in [-0.05, 0) is 29.5 Å². The van der Waals surface area contributed by atoms with Crippen molar-refractivity contribution in [2.24, 2.45) is 0 Å². The summed E-state index contributed by atoms with van der Waals surface area (Å²) in [6, 6.07) is 0. The molecular formula is C10H9F3IN3O. The smallest absolute Gasteiger partial charge is 0.331 e. The quantitative estimate of drug-likeness (QED) is 0.761. The largest absolute Gasteiger partial charge is 0.406 e. The molecule has 0 radical (unpaired) electrons. The normalized spacial score (nSPS) is 12.3. The Morgan fingerprint density at radius 3 is 2.61 bits per heavy atom. The van der Waals surface area contributed by atoms with Crippen LogP contribution in [0.25, 0.3) is 11.0 Å². The minimum absolute atomic E-state index is 0.240. The molecule has 2 rings (SSSR count). The van der Waals surface area contributed by atoms with Gasteiger partial charge in [0.15, 0.2) is 0 Å². The number of nitrogens with zero attached hydrogens (tertiary/aromatic N) is 3. The first-order valence-corrected chi connectivity index (χ1v) is 6.22. The molecule has 0 atom stereocenters. The Balaban J connectivity index is 2.65. The SMILES string of the molecule is CCn1cc(I)c2c(=O)n(CC(F)(F)F)cnc21. The first kappa shape index (κ1) is 13.4. The van der Waals surface area contributed by atoms with Crippen LogP contribution < -0.4 is 5.56 Å². The highest BCUT2D eigenvalue weighted by atomic mass is 127. The maximum Gasteiger partial charge on any atom is 0.406 e. The molecule has 0 fully saturated rings. The molecule has 0 aromatic carbocycles. The Bertz CT molecular complexity index is 644. The lowest BCUT2D eigenvalue weighted by Gasteiger charge is -2.09. The highest BCUT2D eigenvalue weighted by molar-refractivity contribution is 14.1. The number of alkyl halides is 3. The molecule has 0 N–H and O–H groups in total. The molecule has 0 saturated heterocycles. The van der Waals surface area contributed by atoms with Crippen LogP contribution in [0, 0.1) is 3.57 Å². The monoisotopic (exact) mass is 371 g/mol. The summed E-state index contributed by atoms with van der Waals surface area (Å²) in [5.41, 5.74) is -0.237. The molecule has 0 bridgehead atoms. The lowest BCUT2D eigenvalue weighted by atomic mass is 10.4. The Morgan fingerprint density at radius 2 is 2.06 bits per heavy atom. The van der Waals surface area contributed by atoms with Crippen molar-refractivity contribution in [1.82, 2.24) is 14.1 Å². The third-order valence-electron chi connectivity index (χ3n) is 2.49. The van der Waals surface area contributed by atoms with E-state index < -0.39 is 18.3 Å². The van der Waals surface area contributed by atoms with Crippen LogP contribution in [0.3, 0.4) is 0 Å². The fourth-order valence-electron chi connectivity index (χ4n) is 1.72. The van der Waals surface area contributed by atoms with E-state index >= 15 is 0 Å². The van der Waals surface area contributed by atoms with Crippen LogP contribution in [0.15, 0.2) is 17.3 Å². The predicted octanol–water partition coefficient (Wildman–Crippen LogP) is 2.38. The number of fused-ring (bicyclic) bond motifs is 1. The molecule has 8 heteroatoms. The first-order chi connectivity index (χ1) is 8.33. The molecule has 0 amide bonds. The highest BCUT2D eigenvalue weighted by Crippen LogP contribution is 2.20. The van der Waals surface area contributed by atoms with E-state index in [2.05, 4.69) is 4.98 Å². The Kier molecular flexibility index (Phi) is 3.39. The third kappa shape index (κ3) is 2.38. The van der Waals surface area contributed by atoms with Gasteiger partial charge < -0.3 is 4.57 Å². The minimum atomic E-state index is -4.43. The maximum absolute atomic E-state index is 12.3. The van der Waals surface area contributed by atoms with Gasteiger partial charge >= 0.3 is 6.18 Å². The molecule has 0 aliphatic carbocycles. The van der Waals surface area contributed by atoms with Crippen molar-refractivity contribution in [3.63, 3.8) is 0 Å². The van der Waals surface area contributed by atoms with E-state index in [0.29, 0.717) is 20.3 Å². The first-order valence-electron chi connectivity index (χ1n) is 5.14. The van der Waals surface area contributed by atoms with Crippen molar-refractivity contribution in [2.45, 2.75) is 26.2 Å². The standard InChI is InChI=1S/C10H9F3IN3O/c1-2-16-3-6(14)7-8(16)15-5-17(9(7)18)4-10(11,12)13/h3,5H,2,4H2,1H3. The van der Waals surface area contributed by atoms with Crippen molar-refractivity contribution >= 4 is 33.6 Å².